The second-order valence-corrected chi connectivity index (χ2v) is 5.93. The van der Waals surface area contributed by atoms with Crippen molar-refractivity contribution in [3.8, 4) is 5.75 Å². The van der Waals surface area contributed by atoms with Crippen molar-refractivity contribution in [1.82, 2.24) is 14.7 Å². The molecule has 0 radical (unpaired) electrons. The summed E-state index contributed by atoms with van der Waals surface area (Å²) in [7, 11) is 3.82. The van der Waals surface area contributed by atoms with Crippen LogP contribution in [0.25, 0.3) is 0 Å². The van der Waals surface area contributed by atoms with Gasteiger partial charge in [-0.05, 0) is 33.9 Å². The predicted molar refractivity (Wildman–Crippen MR) is 91.7 cm³/mol. The summed E-state index contributed by atoms with van der Waals surface area (Å²) in [6.07, 6.45) is 0. The summed E-state index contributed by atoms with van der Waals surface area (Å²) in [6.45, 7) is 7.72. The van der Waals surface area contributed by atoms with E-state index < -0.39 is 0 Å². The third-order valence-electron chi connectivity index (χ3n) is 4.50. The van der Waals surface area contributed by atoms with E-state index in [9.17, 15) is 0 Å². The summed E-state index contributed by atoms with van der Waals surface area (Å²) in [5.41, 5.74) is 4.55. The summed E-state index contributed by atoms with van der Waals surface area (Å²) < 4.78 is 7.36. The number of aromatic nitrogens is 2. The number of aliphatic hydroxyl groups is 1. The molecule has 0 amide bonds. The van der Waals surface area contributed by atoms with Crippen LogP contribution in [0.4, 0.5) is 0 Å². The normalized spacial score (nSPS) is 12.7. The zero-order valence-electron chi connectivity index (χ0n) is 14.7. The van der Waals surface area contributed by atoms with E-state index in [1.165, 1.54) is 11.1 Å². The molecule has 5 nitrogen and oxygen atoms in total. The maximum Gasteiger partial charge on any atom is 0.123 e. The second kappa shape index (κ2) is 7.62. The minimum Gasteiger partial charge on any atom is -0.496 e. The van der Waals surface area contributed by atoms with Crippen LogP contribution in [0.3, 0.4) is 0 Å². The Morgan fingerprint density at radius 3 is 2.65 bits per heavy atom. The number of rotatable bonds is 7. The van der Waals surface area contributed by atoms with Gasteiger partial charge < -0.3 is 9.84 Å². The molecule has 1 N–H and O–H groups in total. The number of methoxy groups -OCH3 is 1. The molecule has 2 rings (SSSR count). The van der Waals surface area contributed by atoms with Crippen LogP contribution in [0.1, 0.15) is 35.5 Å². The Morgan fingerprint density at radius 1 is 1.30 bits per heavy atom. The minimum absolute atomic E-state index is 0.106. The van der Waals surface area contributed by atoms with E-state index in [2.05, 4.69) is 37.0 Å². The third-order valence-corrected chi connectivity index (χ3v) is 4.50. The van der Waals surface area contributed by atoms with Gasteiger partial charge in [-0.25, -0.2) is 0 Å². The molecular weight excluding hydrogens is 290 g/mol. The lowest BCUT2D eigenvalue weighted by Gasteiger charge is -2.26. The molecule has 1 atom stereocenters. The molecule has 1 heterocycles. The number of aryl methyl sites for hydroxylation is 1. The fourth-order valence-electron chi connectivity index (χ4n) is 2.91. The summed E-state index contributed by atoms with van der Waals surface area (Å²) >= 11 is 0. The molecule has 0 aliphatic heterocycles. The molecule has 0 aliphatic carbocycles. The van der Waals surface area contributed by atoms with Crippen LogP contribution in [-0.4, -0.2) is 40.6 Å². The molecule has 5 heteroatoms. The first-order valence-electron chi connectivity index (χ1n) is 7.96. The van der Waals surface area contributed by atoms with Crippen molar-refractivity contribution in [2.45, 2.75) is 39.9 Å². The highest BCUT2D eigenvalue weighted by atomic mass is 16.5. The van der Waals surface area contributed by atoms with E-state index in [0.717, 1.165) is 23.7 Å². The number of hydrogen-bond donors (Lipinski definition) is 1. The average Bonchev–Trinajstić information content (AvgIpc) is 2.82. The smallest absolute Gasteiger partial charge is 0.123 e. The van der Waals surface area contributed by atoms with Gasteiger partial charge in [-0.1, -0.05) is 18.2 Å². The zero-order chi connectivity index (χ0) is 17.0. The lowest BCUT2D eigenvalue weighted by atomic mass is 10.0. The quantitative estimate of drug-likeness (QED) is 0.853. The standard InChI is InChI=1S/C18H27N3O2/c1-13-17(15(3)21(19-13)10-11-22)12-20(4)14(2)16-8-6-7-9-18(16)23-5/h6-9,14,22H,10-12H2,1-5H3. The first-order valence-corrected chi connectivity index (χ1v) is 7.96. The van der Waals surface area contributed by atoms with Crippen LogP contribution in [0.15, 0.2) is 24.3 Å². The average molecular weight is 317 g/mol. The monoisotopic (exact) mass is 317 g/mol. The molecule has 2 aromatic rings. The first-order chi connectivity index (χ1) is 11.0. The predicted octanol–water partition coefficient (Wildman–Crippen LogP) is 2.69. The summed E-state index contributed by atoms with van der Waals surface area (Å²) in [5, 5.41) is 13.7. The molecule has 0 aliphatic rings. The molecule has 1 unspecified atom stereocenters. The van der Waals surface area contributed by atoms with Crippen LogP contribution < -0.4 is 4.74 Å². The molecule has 23 heavy (non-hydrogen) atoms. The highest BCUT2D eigenvalue weighted by Gasteiger charge is 2.19. The van der Waals surface area contributed by atoms with Gasteiger partial charge in [0.25, 0.3) is 0 Å². The number of aliphatic hydroxyl groups excluding tert-OH is 1. The molecule has 0 saturated carbocycles. The molecule has 0 fully saturated rings. The molecule has 126 valence electrons. The summed E-state index contributed by atoms with van der Waals surface area (Å²) in [6, 6.07) is 8.36. The number of benzene rings is 1. The van der Waals surface area contributed by atoms with Gasteiger partial charge in [-0.3, -0.25) is 9.58 Å². The van der Waals surface area contributed by atoms with Crippen LogP contribution >= 0.6 is 0 Å². The maximum atomic E-state index is 9.14. The van der Waals surface area contributed by atoms with E-state index in [-0.39, 0.29) is 12.6 Å². The number of nitrogens with zero attached hydrogens (tertiary/aromatic N) is 3. The van der Waals surface area contributed by atoms with Crippen molar-refractivity contribution >= 4 is 0 Å². The van der Waals surface area contributed by atoms with Crippen LogP contribution in [0, 0.1) is 13.8 Å². The molecular formula is C18H27N3O2. The SMILES string of the molecule is COc1ccccc1C(C)N(C)Cc1c(C)nn(CCO)c1C. The largest absolute Gasteiger partial charge is 0.496 e. The van der Waals surface area contributed by atoms with Crippen molar-refractivity contribution in [1.29, 1.82) is 0 Å². The van der Waals surface area contributed by atoms with E-state index >= 15 is 0 Å². The van der Waals surface area contributed by atoms with Crippen LogP contribution in [-0.2, 0) is 13.1 Å². The number of para-hydroxylation sites is 1. The van der Waals surface area contributed by atoms with Gasteiger partial charge in [-0.2, -0.15) is 5.10 Å². The van der Waals surface area contributed by atoms with Crippen LogP contribution in [0.2, 0.25) is 0 Å². The lowest BCUT2D eigenvalue weighted by Crippen LogP contribution is -2.23. The van der Waals surface area contributed by atoms with Crippen molar-refractivity contribution in [2.24, 2.45) is 0 Å². The number of ether oxygens (including phenoxy) is 1. The third kappa shape index (κ3) is 3.74. The Bertz CT molecular complexity index is 652. The van der Waals surface area contributed by atoms with Gasteiger partial charge in [0.2, 0.25) is 0 Å². The molecule has 0 spiro atoms. The van der Waals surface area contributed by atoms with Crippen LogP contribution in [0.5, 0.6) is 5.75 Å². The fourth-order valence-corrected chi connectivity index (χ4v) is 2.91. The van der Waals surface area contributed by atoms with Gasteiger partial charge in [-0.15, -0.1) is 0 Å². The van der Waals surface area contributed by atoms with Gasteiger partial charge in [0, 0.05) is 29.4 Å². The number of hydrogen-bond acceptors (Lipinski definition) is 4. The van der Waals surface area contributed by atoms with Crippen molar-refractivity contribution in [3.05, 3.63) is 46.8 Å². The molecule has 1 aromatic heterocycles. The van der Waals surface area contributed by atoms with E-state index in [1.54, 1.807) is 7.11 Å². The molecule has 0 bridgehead atoms. The maximum absolute atomic E-state index is 9.14. The highest BCUT2D eigenvalue weighted by molar-refractivity contribution is 5.35. The van der Waals surface area contributed by atoms with Crippen molar-refractivity contribution in [2.75, 3.05) is 20.8 Å². The summed E-state index contributed by atoms with van der Waals surface area (Å²) in [4.78, 5) is 2.29. The van der Waals surface area contributed by atoms with Gasteiger partial charge >= 0.3 is 0 Å². The molecule has 0 saturated heterocycles. The topological polar surface area (TPSA) is 50.5 Å². The van der Waals surface area contributed by atoms with Crippen molar-refractivity contribution in [3.63, 3.8) is 0 Å². The highest BCUT2D eigenvalue weighted by Crippen LogP contribution is 2.29. The Kier molecular flexibility index (Phi) is 5.80. The van der Waals surface area contributed by atoms with Gasteiger partial charge in [0.05, 0.1) is 26.0 Å². The minimum atomic E-state index is 0.106. The Balaban J connectivity index is 2.20. The Labute approximate surface area is 138 Å². The lowest BCUT2D eigenvalue weighted by molar-refractivity contribution is 0.245. The summed E-state index contributed by atoms with van der Waals surface area (Å²) in [5.74, 6) is 0.913. The first kappa shape index (κ1) is 17.5. The Morgan fingerprint density at radius 2 is 2.00 bits per heavy atom. The van der Waals surface area contributed by atoms with Gasteiger partial charge in [0.15, 0.2) is 0 Å². The van der Waals surface area contributed by atoms with E-state index in [0.29, 0.717) is 6.54 Å². The van der Waals surface area contributed by atoms with Gasteiger partial charge in [0.1, 0.15) is 5.75 Å². The fraction of sp³-hybridized carbons (Fsp3) is 0.500. The van der Waals surface area contributed by atoms with Crippen molar-refractivity contribution < 1.29 is 9.84 Å². The van der Waals surface area contributed by atoms with E-state index in [1.807, 2.05) is 29.8 Å². The zero-order valence-corrected chi connectivity index (χ0v) is 14.7. The molecule has 1 aromatic carbocycles. The Hall–Kier alpha value is -1.85. The second-order valence-electron chi connectivity index (χ2n) is 5.93. The van der Waals surface area contributed by atoms with E-state index in [4.69, 9.17) is 9.84 Å².